The zero-order valence-corrected chi connectivity index (χ0v) is 8.31. The Kier molecular flexibility index (Phi) is 4.93. The van der Waals surface area contributed by atoms with Crippen LogP contribution in [-0.4, -0.2) is 5.75 Å². The highest BCUT2D eigenvalue weighted by atomic mass is 32.2. The Morgan fingerprint density at radius 1 is 1.25 bits per heavy atom. The summed E-state index contributed by atoms with van der Waals surface area (Å²) < 4.78 is 0. The first kappa shape index (κ1) is 9.66. The molecule has 0 saturated carbocycles. The third-order valence-corrected chi connectivity index (χ3v) is 2.75. The molecule has 0 nitrogen and oxygen atoms in total. The molecule has 0 bridgehead atoms. The van der Waals surface area contributed by atoms with Crippen LogP contribution in [0.1, 0.15) is 19.8 Å². The van der Waals surface area contributed by atoms with E-state index in [1.165, 1.54) is 23.5 Å². The average Bonchev–Trinajstić information content (AvgIpc) is 2.14. The summed E-state index contributed by atoms with van der Waals surface area (Å²) in [5.74, 6) is 1.23. The maximum absolute atomic E-state index is 2.23. The number of rotatable bonds is 5. The molecule has 0 aliphatic rings. The molecule has 0 aromatic heterocycles. The number of unbranched alkanes of at least 4 members (excludes halogenated alkanes) is 2. The Hall–Kier alpha value is -0.430. The number of benzene rings is 1. The van der Waals surface area contributed by atoms with E-state index in [4.69, 9.17) is 0 Å². The minimum absolute atomic E-state index is 1.23. The summed E-state index contributed by atoms with van der Waals surface area (Å²) in [6.07, 6.45) is 4.75. The van der Waals surface area contributed by atoms with E-state index in [1.54, 1.807) is 0 Å². The van der Waals surface area contributed by atoms with Crippen molar-refractivity contribution in [2.24, 2.45) is 0 Å². The molecular weight excluding hydrogens is 164 g/mol. The summed E-state index contributed by atoms with van der Waals surface area (Å²) in [7, 11) is 0. The molecule has 1 heteroatoms. The normalized spacial score (nSPS) is 10.1. The van der Waals surface area contributed by atoms with Gasteiger partial charge in [-0.15, -0.1) is 11.8 Å². The molecule has 0 spiro atoms. The van der Waals surface area contributed by atoms with Crippen molar-refractivity contribution < 1.29 is 0 Å². The molecule has 0 aliphatic carbocycles. The number of hydrogen-bond acceptors (Lipinski definition) is 1. The Bertz CT molecular complexity index is 193. The fourth-order valence-corrected chi connectivity index (χ4v) is 1.89. The highest BCUT2D eigenvalue weighted by Gasteiger charge is 1.91. The lowest BCUT2D eigenvalue weighted by Gasteiger charge is -1.99. The number of hydrogen-bond donors (Lipinski definition) is 0. The van der Waals surface area contributed by atoms with Gasteiger partial charge < -0.3 is 0 Å². The van der Waals surface area contributed by atoms with E-state index < -0.39 is 0 Å². The summed E-state index contributed by atoms with van der Waals surface area (Å²) in [4.78, 5) is 1.38. The van der Waals surface area contributed by atoms with Gasteiger partial charge in [0.15, 0.2) is 0 Å². The Balaban J connectivity index is 2.16. The van der Waals surface area contributed by atoms with Crippen molar-refractivity contribution in [3.05, 3.63) is 36.8 Å². The first-order chi connectivity index (χ1) is 5.93. The van der Waals surface area contributed by atoms with E-state index in [0.29, 0.717) is 0 Å². The van der Waals surface area contributed by atoms with Gasteiger partial charge in [0.2, 0.25) is 0 Å². The predicted molar refractivity (Wildman–Crippen MR) is 56.4 cm³/mol. The van der Waals surface area contributed by atoms with Crippen molar-refractivity contribution in [1.82, 2.24) is 0 Å². The summed E-state index contributed by atoms with van der Waals surface area (Å²) in [5.41, 5.74) is 0. The van der Waals surface area contributed by atoms with Gasteiger partial charge in [0.1, 0.15) is 0 Å². The van der Waals surface area contributed by atoms with Crippen molar-refractivity contribution in [2.75, 3.05) is 5.75 Å². The van der Waals surface area contributed by atoms with E-state index in [0.717, 1.165) is 0 Å². The van der Waals surface area contributed by atoms with E-state index in [1.807, 2.05) is 11.8 Å². The SMILES string of the molecule is C[CH]CCCSc1ccccc1. The molecule has 0 atom stereocenters. The fraction of sp³-hybridized carbons (Fsp3) is 0.364. The van der Waals surface area contributed by atoms with Crippen molar-refractivity contribution >= 4 is 11.8 Å². The topological polar surface area (TPSA) is 0 Å². The highest BCUT2D eigenvalue weighted by Crippen LogP contribution is 2.18. The zero-order valence-electron chi connectivity index (χ0n) is 7.49. The van der Waals surface area contributed by atoms with E-state index in [9.17, 15) is 0 Å². The molecule has 1 radical (unpaired) electrons. The Morgan fingerprint density at radius 3 is 2.67 bits per heavy atom. The third kappa shape index (κ3) is 3.82. The third-order valence-electron chi connectivity index (χ3n) is 1.65. The monoisotopic (exact) mass is 179 g/mol. The summed E-state index contributed by atoms with van der Waals surface area (Å²) in [5, 5.41) is 0. The maximum Gasteiger partial charge on any atom is 0.00719 e. The molecule has 0 N–H and O–H groups in total. The van der Waals surface area contributed by atoms with Gasteiger partial charge in [-0.3, -0.25) is 0 Å². The predicted octanol–water partition coefficient (Wildman–Crippen LogP) is 3.78. The molecule has 0 saturated heterocycles. The quantitative estimate of drug-likeness (QED) is 0.489. The van der Waals surface area contributed by atoms with Gasteiger partial charge in [-0.1, -0.05) is 25.1 Å². The van der Waals surface area contributed by atoms with Gasteiger partial charge in [-0.05, 0) is 37.1 Å². The van der Waals surface area contributed by atoms with Crippen LogP contribution < -0.4 is 0 Å². The lowest BCUT2D eigenvalue weighted by molar-refractivity contribution is 0.911. The van der Waals surface area contributed by atoms with Crippen LogP contribution in [0.25, 0.3) is 0 Å². The molecule has 65 valence electrons. The molecular formula is C11H15S. The van der Waals surface area contributed by atoms with Crippen LogP contribution in [0, 0.1) is 6.42 Å². The second-order valence-electron chi connectivity index (χ2n) is 2.71. The number of thioether (sulfide) groups is 1. The van der Waals surface area contributed by atoms with Gasteiger partial charge in [-0.2, -0.15) is 0 Å². The average molecular weight is 179 g/mol. The second kappa shape index (κ2) is 6.13. The van der Waals surface area contributed by atoms with Crippen LogP contribution in [-0.2, 0) is 0 Å². The Labute approximate surface area is 79.4 Å². The van der Waals surface area contributed by atoms with Crippen molar-refractivity contribution in [3.8, 4) is 0 Å². The zero-order chi connectivity index (χ0) is 8.65. The molecule has 0 heterocycles. The standard InChI is InChI=1S/C11H15S/c1-2-3-7-10-12-11-8-5-4-6-9-11/h2,4-6,8-9H,3,7,10H2,1H3. The molecule has 1 aromatic rings. The lowest BCUT2D eigenvalue weighted by atomic mass is 10.3. The smallest absolute Gasteiger partial charge is 0.00719 e. The van der Waals surface area contributed by atoms with Gasteiger partial charge >= 0.3 is 0 Å². The summed E-state index contributed by atoms with van der Waals surface area (Å²) in [6, 6.07) is 10.6. The molecule has 0 aliphatic heterocycles. The van der Waals surface area contributed by atoms with Crippen LogP contribution in [0.4, 0.5) is 0 Å². The van der Waals surface area contributed by atoms with Crippen LogP contribution in [0.2, 0.25) is 0 Å². The maximum atomic E-state index is 2.23. The highest BCUT2D eigenvalue weighted by molar-refractivity contribution is 7.99. The molecule has 1 rings (SSSR count). The van der Waals surface area contributed by atoms with E-state index >= 15 is 0 Å². The summed E-state index contributed by atoms with van der Waals surface area (Å²) >= 11 is 1.94. The first-order valence-corrected chi connectivity index (χ1v) is 5.37. The molecule has 0 unspecified atom stereocenters. The van der Waals surface area contributed by atoms with Crippen LogP contribution in [0.3, 0.4) is 0 Å². The minimum Gasteiger partial charge on any atom is -0.126 e. The Morgan fingerprint density at radius 2 is 2.00 bits per heavy atom. The minimum atomic E-state index is 1.23. The molecule has 0 fully saturated rings. The van der Waals surface area contributed by atoms with Gasteiger partial charge in [0.05, 0.1) is 0 Å². The van der Waals surface area contributed by atoms with Gasteiger partial charge in [0, 0.05) is 4.90 Å². The van der Waals surface area contributed by atoms with Gasteiger partial charge in [-0.25, -0.2) is 0 Å². The summed E-state index contributed by atoms with van der Waals surface area (Å²) in [6.45, 7) is 2.12. The fourth-order valence-electron chi connectivity index (χ4n) is 0.994. The molecule has 12 heavy (non-hydrogen) atoms. The lowest BCUT2D eigenvalue weighted by Crippen LogP contribution is -1.79. The van der Waals surface area contributed by atoms with Crippen molar-refractivity contribution in [3.63, 3.8) is 0 Å². The first-order valence-electron chi connectivity index (χ1n) is 4.39. The van der Waals surface area contributed by atoms with Crippen molar-refractivity contribution in [1.29, 1.82) is 0 Å². The van der Waals surface area contributed by atoms with Gasteiger partial charge in [0.25, 0.3) is 0 Å². The second-order valence-corrected chi connectivity index (χ2v) is 3.88. The van der Waals surface area contributed by atoms with Crippen LogP contribution in [0.5, 0.6) is 0 Å². The van der Waals surface area contributed by atoms with Crippen LogP contribution >= 0.6 is 11.8 Å². The molecule has 0 amide bonds. The molecule has 1 aromatic carbocycles. The van der Waals surface area contributed by atoms with E-state index in [2.05, 4.69) is 43.7 Å². The largest absolute Gasteiger partial charge is 0.126 e. The van der Waals surface area contributed by atoms with Crippen molar-refractivity contribution in [2.45, 2.75) is 24.7 Å². The van der Waals surface area contributed by atoms with Crippen LogP contribution in [0.15, 0.2) is 35.2 Å². The van der Waals surface area contributed by atoms with E-state index in [-0.39, 0.29) is 0 Å².